The van der Waals surface area contributed by atoms with Crippen LogP contribution in [0.3, 0.4) is 0 Å². The molecule has 0 saturated carbocycles. The second kappa shape index (κ2) is 9.28. The second-order valence-electron chi connectivity index (χ2n) is 9.67. The predicted molar refractivity (Wildman–Crippen MR) is 147 cm³/mol. The SMILES string of the molecule is FC1=CC(c2csc3c4c(c5c(-c6cc(F)cc(F)c6)csc5c23)SCC4c2cc(F)cc(F)c2)CC(F)=C1. The summed E-state index contributed by atoms with van der Waals surface area (Å²) in [6.45, 7) is 0. The van der Waals surface area contributed by atoms with Gasteiger partial charge in [-0.05, 0) is 63.4 Å². The lowest BCUT2D eigenvalue weighted by Gasteiger charge is -2.17. The maximum atomic E-state index is 14.3. The van der Waals surface area contributed by atoms with Crippen LogP contribution in [0.5, 0.6) is 0 Å². The standard InChI is InChI=1S/C30H16F6S3/c31-16-1-13(2-17(32)7-16)22-10-37-28-25(22)29-27(23(11-38-29)14-3-18(33)8-19(34)4-14)30-26(28)24(12-39-30)15-5-20(35)9-21(36)6-15/h1-5,7-10,12,15,23H,6,11H2. The Morgan fingerprint density at radius 2 is 1.38 bits per heavy atom. The molecule has 3 heterocycles. The monoisotopic (exact) mass is 586 g/mol. The predicted octanol–water partition coefficient (Wildman–Crippen LogP) is 10.8. The van der Waals surface area contributed by atoms with Gasteiger partial charge in [-0.3, -0.25) is 0 Å². The Balaban J connectivity index is 1.55. The zero-order valence-corrected chi connectivity index (χ0v) is 22.3. The highest BCUT2D eigenvalue weighted by atomic mass is 32.2. The van der Waals surface area contributed by atoms with Gasteiger partial charge in [-0.2, -0.15) is 0 Å². The molecule has 2 aromatic heterocycles. The molecule has 0 N–H and O–H groups in total. The topological polar surface area (TPSA) is 0 Å². The Bertz CT molecular complexity index is 1840. The minimum atomic E-state index is -0.704. The summed E-state index contributed by atoms with van der Waals surface area (Å²) in [6.07, 6.45) is 2.29. The van der Waals surface area contributed by atoms with Crippen LogP contribution in [-0.4, -0.2) is 5.75 Å². The molecule has 2 unspecified atom stereocenters. The van der Waals surface area contributed by atoms with Gasteiger partial charge in [0.15, 0.2) is 0 Å². The van der Waals surface area contributed by atoms with E-state index in [2.05, 4.69) is 0 Å². The lowest BCUT2D eigenvalue weighted by atomic mass is 9.87. The first-order valence-corrected chi connectivity index (χ1v) is 14.8. The van der Waals surface area contributed by atoms with Gasteiger partial charge in [0.2, 0.25) is 0 Å². The number of halogens is 6. The van der Waals surface area contributed by atoms with E-state index in [-0.39, 0.29) is 12.3 Å². The molecular formula is C30H16F6S3. The van der Waals surface area contributed by atoms with Crippen molar-refractivity contribution in [1.82, 2.24) is 0 Å². The number of rotatable bonds is 3. The van der Waals surface area contributed by atoms with E-state index >= 15 is 0 Å². The average molecular weight is 587 g/mol. The Hall–Kier alpha value is -3.01. The van der Waals surface area contributed by atoms with Crippen LogP contribution in [0.2, 0.25) is 0 Å². The molecule has 2 atom stereocenters. The van der Waals surface area contributed by atoms with Crippen molar-refractivity contribution in [3.05, 3.63) is 111 Å². The average Bonchev–Trinajstić information content (AvgIpc) is 3.58. The third-order valence-electron chi connectivity index (χ3n) is 7.23. The first-order chi connectivity index (χ1) is 18.8. The van der Waals surface area contributed by atoms with Crippen molar-refractivity contribution < 1.29 is 26.3 Å². The van der Waals surface area contributed by atoms with Gasteiger partial charge in [-0.1, -0.05) is 0 Å². The van der Waals surface area contributed by atoms with Gasteiger partial charge in [-0.25, -0.2) is 26.3 Å². The summed E-state index contributed by atoms with van der Waals surface area (Å²) in [5.41, 5.74) is 3.12. The molecule has 0 radical (unpaired) electrons. The number of allylic oxidation sites excluding steroid dienone is 4. The molecule has 0 bridgehead atoms. The number of benzene rings is 3. The van der Waals surface area contributed by atoms with Crippen molar-refractivity contribution in [2.24, 2.45) is 0 Å². The summed E-state index contributed by atoms with van der Waals surface area (Å²) in [5.74, 6) is -4.33. The molecule has 2 aliphatic rings. The highest BCUT2D eigenvalue weighted by Gasteiger charge is 2.34. The summed E-state index contributed by atoms with van der Waals surface area (Å²) < 4.78 is 87.3. The van der Waals surface area contributed by atoms with Crippen molar-refractivity contribution in [2.75, 3.05) is 5.75 Å². The number of hydrogen-bond donors (Lipinski definition) is 0. The van der Waals surface area contributed by atoms with Gasteiger partial charge in [0.25, 0.3) is 0 Å². The quantitative estimate of drug-likeness (QED) is 0.190. The van der Waals surface area contributed by atoms with E-state index in [1.807, 2.05) is 10.8 Å². The largest absolute Gasteiger partial charge is 0.212 e. The molecule has 1 aliphatic heterocycles. The van der Waals surface area contributed by atoms with Crippen LogP contribution in [0.25, 0.3) is 31.3 Å². The normalized spacial score (nSPS) is 19.0. The summed E-state index contributed by atoms with van der Waals surface area (Å²) in [4.78, 5) is 0.887. The highest BCUT2D eigenvalue weighted by molar-refractivity contribution is 8.00. The lowest BCUT2D eigenvalue weighted by Crippen LogP contribution is -2.02. The van der Waals surface area contributed by atoms with Gasteiger partial charge in [0.1, 0.15) is 34.9 Å². The van der Waals surface area contributed by atoms with Gasteiger partial charge in [0.05, 0.1) is 0 Å². The van der Waals surface area contributed by atoms with E-state index in [4.69, 9.17) is 0 Å². The minimum absolute atomic E-state index is 0.0124. The van der Waals surface area contributed by atoms with E-state index in [9.17, 15) is 26.3 Å². The van der Waals surface area contributed by atoms with E-state index in [1.54, 1.807) is 0 Å². The molecular weight excluding hydrogens is 571 g/mol. The molecule has 39 heavy (non-hydrogen) atoms. The highest BCUT2D eigenvalue weighted by Crippen LogP contribution is 2.57. The molecule has 0 spiro atoms. The fourth-order valence-corrected chi connectivity index (χ4v) is 9.72. The summed E-state index contributed by atoms with van der Waals surface area (Å²) in [7, 11) is 0. The molecule has 9 heteroatoms. The van der Waals surface area contributed by atoms with Crippen LogP contribution >= 0.6 is 34.4 Å². The molecule has 1 aliphatic carbocycles. The molecule has 5 aromatic rings. The van der Waals surface area contributed by atoms with Gasteiger partial charge >= 0.3 is 0 Å². The third kappa shape index (κ3) is 4.13. The van der Waals surface area contributed by atoms with Crippen molar-refractivity contribution in [2.45, 2.75) is 23.2 Å². The minimum Gasteiger partial charge on any atom is -0.212 e. The molecule has 7 rings (SSSR count). The first kappa shape index (κ1) is 25.0. The smallest absolute Gasteiger partial charge is 0.126 e. The summed E-state index contributed by atoms with van der Waals surface area (Å²) >= 11 is 4.38. The van der Waals surface area contributed by atoms with Crippen molar-refractivity contribution in [3.63, 3.8) is 0 Å². The maximum absolute atomic E-state index is 14.3. The number of thiophene rings is 2. The number of thioether (sulfide) groups is 1. The van der Waals surface area contributed by atoms with Crippen LogP contribution < -0.4 is 0 Å². The van der Waals surface area contributed by atoms with Crippen LogP contribution in [0.15, 0.2) is 75.9 Å². The van der Waals surface area contributed by atoms with E-state index in [1.165, 1.54) is 64.8 Å². The Labute approximate surface area is 231 Å². The van der Waals surface area contributed by atoms with Gasteiger partial charge in [-0.15, -0.1) is 34.4 Å². The molecule has 0 amide bonds. The Morgan fingerprint density at radius 1 is 0.718 bits per heavy atom. The zero-order chi connectivity index (χ0) is 27.0. The Kier molecular flexibility index (Phi) is 5.95. The number of hydrogen-bond acceptors (Lipinski definition) is 3. The van der Waals surface area contributed by atoms with Crippen LogP contribution in [0, 0.1) is 23.3 Å². The van der Waals surface area contributed by atoms with Crippen LogP contribution in [0.4, 0.5) is 26.3 Å². The molecule has 0 nitrogen and oxygen atoms in total. The third-order valence-corrected chi connectivity index (χ3v) is 10.5. The van der Waals surface area contributed by atoms with Crippen LogP contribution in [0.1, 0.15) is 34.9 Å². The lowest BCUT2D eigenvalue weighted by molar-refractivity contribution is 0.538. The zero-order valence-electron chi connectivity index (χ0n) is 19.8. The van der Waals surface area contributed by atoms with Gasteiger partial charge < -0.3 is 0 Å². The van der Waals surface area contributed by atoms with E-state index < -0.39 is 40.8 Å². The van der Waals surface area contributed by atoms with Crippen molar-refractivity contribution in [3.8, 4) is 11.1 Å². The maximum Gasteiger partial charge on any atom is 0.126 e. The summed E-state index contributed by atoms with van der Waals surface area (Å²) in [5, 5.41) is 5.33. The number of fused-ring (bicyclic) bond motifs is 6. The second-order valence-corrected chi connectivity index (χ2v) is 12.5. The Morgan fingerprint density at radius 3 is 2.08 bits per heavy atom. The first-order valence-electron chi connectivity index (χ1n) is 12.0. The van der Waals surface area contributed by atoms with Gasteiger partial charge in [0, 0.05) is 72.8 Å². The van der Waals surface area contributed by atoms with Crippen LogP contribution in [-0.2, 0) is 0 Å². The van der Waals surface area contributed by atoms with Crippen molar-refractivity contribution >= 4 is 54.6 Å². The molecule has 3 aromatic carbocycles. The fraction of sp³-hybridized carbons (Fsp3) is 0.133. The molecule has 0 saturated heterocycles. The fourth-order valence-electron chi connectivity index (χ4n) is 5.68. The summed E-state index contributed by atoms with van der Waals surface area (Å²) in [6, 6.07) is 6.83. The molecule has 0 fully saturated rings. The van der Waals surface area contributed by atoms with E-state index in [0.717, 1.165) is 54.4 Å². The van der Waals surface area contributed by atoms with E-state index in [0.29, 0.717) is 22.4 Å². The van der Waals surface area contributed by atoms with Crippen molar-refractivity contribution in [1.29, 1.82) is 0 Å². The molecule has 196 valence electrons.